The summed E-state index contributed by atoms with van der Waals surface area (Å²) in [4.78, 5) is 17.5. The maximum absolute atomic E-state index is 11.8. The Morgan fingerprint density at radius 2 is 1.65 bits per heavy atom. The number of hydrogen-bond acceptors (Lipinski definition) is 5. The minimum Gasteiger partial charge on any atom is -0.512 e. The van der Waals surface area contributed by atoms with Crippen molar-refractivity contribution in [2.45, 2.75) is 68.2 Å². The first-order chi connectivity index (χ1) is 18.3. The van der Waals surface area contributed by atoms with E-state index in [2.05, 4.69) is 54.4 Å². The number of carbonyl (C=O) groups excluding carboxylic acids is 1. The summed E-state index contributed by atoms with van der Waals surface area (Å²) >= 11 is 1.74. The molecule has 1 radical (unpaired) electrons. The van der Waals surface area contributed by atoms with E-state index in [0.29, 0.717) is 11.6 Å². The fourth-order valence-electron chi connectivity index (χ4n) is 3.62. The second-order valence-corrected chi connectivity index (χ2v) is 12.3. The summed E-state index contributed by atoms with van der Waals surface area (Å²) in [5.41, 5.74) is 2.76. The number of aryl methyl sites for hydroxylation is 2. The maximum atomic E-state index is 11.8. The molecule has 2 aromatic heterocycles. The van der Waals surface area contributed by atoms with Gasteiger partial charge >= 0.3 is 0 Å². The van der Waals surface area contributed by atoms with Crippen molar-refractivity contribution in [3.05, 3.63) is 89.8 Å². The van der Waals surface area contributed by atoms with Gasteiger partial charge in [0.15, 0.2) is 5.78 Å². The van der Waals surface area contributed by atoms with Gasteiger partial charge in [-0.15, -0.1) is 23.5 Å². The van der Waals surface area contributed by atoms with Gasteiger partial charge < -0.3 is 9.84 Å². The predicted octanol–water partition coefficient (Wildman–Crippen LogP) is 10.0. The molecule has 0 aliphatic heterocycles. The summed E-state index contributed by atoms with van der Waals surface area (Å²) in [7, 11) is 0. The van der Waals surface area contributed by atoms with Crippen molar-refractivity contribution in [2.75, 3.05) is 0 Å². The summed E-state index contributed by atoms with van der Waals surface area (Å²) in [6.07, 6.45) is 4.87. The van der Waals surface area contributed by atoms with Crippen molar-refractivity contribution in [2.24, 2.45) is 10.8 Å². The number of nitrogens with zero attached hydrogens (tertiary/aromatic N) is 1. The van der Waals surface area contributed by atoms with Gasteiger partial charge in [-0.2, -0.15) is 17.2 Å². The van der Waals surface area contributed by atoms with E-state index in [-0.39, 0.29) is 42.5 Å². The van der Waals surface area contributed by atoms with E-state index < -0.39 is 0 Å². The van der Waals surface area contributed by atoms with Crippen LogP contribution in [0.1, 0.15) is 65.5 Å². The van der Waals surface area contributed by atoms with Crippen LogP contribution in [0.4, 0.5) is 0 Å². The maximum Gasteiger partial charge on any atom is 0.217 e. The molecule has 2 heterocycles. The molecule has 0 saturated carbocycles. The molecule has 0 fully saturated rings. The van der Waals surface area contributed by atoms with Gasteiger partial charge in [0, 0.05) is 65.3 Å². The van der Waals surface area contributed by atoms with Gasteiger partial charge in [-0.25, -0.2) is 4.98 Å². The van der Waals surface area contributed by atoms with Gasteiger partial charge in [-0.1, -0.05) is 85.7 Å². The number of aromatic nitrogens is 1. The van der Waals surface area contributed by atoms with E-state index in [1.54, 1.807) is 11.3 Å². The minimum absolute atomic E-state index is 0. The molecule has 4 nitrogen and oxygen atoms in total. The van der Waals surface area contributed by atoms with Crippen LogP contribution in [0.5, 0.6) is 11.6 Å². The minimum atomic E-state index is -0.377. The second kappa shape index (κ2) is 14.2. The van der Waals surface area contributed by atoms with Crippen LogP contribution in [-0.4, -0.2) is 15.9 Å². The monoisotopic (exact) mass is 735 g/mol. The summed E-state index contributed by atoms with van der Waals surface area (Å²) in [5, 5.41) is 11.0. The number of carbonyl (C=O) groups is 1. The number of thiophene rings is 1. The summed E-state index contributed by atoms with van der Waals surface area (Å²) < 4.78 is 7.06. The van der Waals surface area contributed by atoms with Crippen molar-refractivity contribution < 1.29 is 34.7 Å². The molecular formula is C34H40IrNO3S-. The molecule has 0 aliphatic rings. The standard InChI is InChI=1S/C21H16NOS.C13H24O2.Ir/c1-14-8-15(2)10-18(9-14)23-21-12-17-11-19(24-20(17)13-22-21)16-6-4-3-5-7-16;1-7-12(3,4)10(14)9-11(15)13(5,6)8-2;/h3-9,11-13H,1-2H3;9,14H,7-8H2,1-6H3;/q-1;;/b;10-9-;. The van der Waals surface area contributed by atoms with E-state index in [1.807, 2.05) is 72.9 Å². The van der Waals surface area contributed by atoms with Crippen molar-refractivity contribution >= 4 is 27.2 Å². The van der Waals surface area contributed by atoms with Crippen LogP contribution < -0.4 is 4.74 Å². The number of ketones is 1. The summed E-state index contributed by atoms with van der Waals surface area (Å²) in [5.74, 6) is 1.50. The molecule has 0 bridgehead atoms. The van der Waals surface area contributed by atoms with Gasteiger partial charge in [-0.05, 0) is 24.5 Å². The van der Waals surface area contributed by atoms with Crippen molar-refractivity contribution in [1.29, 1.82) is 0 Å². The number of ether oxygens (including phenoxy) is 1. The van der Waals surface area contributed by atoms with E-state index in [9.17, 15) is 9.90 Å². The van der Waals surface area contributed by atoms with Crippen LogP contribution in [0.3, 0.4) is 0 Å². The van der Waals surface area contributed by atoms with Gasteiger partial charge in [0.2, 0.25) is 5.88 Å². The van der Waals surface area contributed by atoms with E-state index >= 15 is 0 Å². The van der Waals surface area contributed by atoms with Crippen LogP contribution in [0.15, 0.2) is 72.6 Å². The molecule has 4 rings (SSSR count). The number of pyridine rings is 1. The van der Waals surface area contributed by atoms with E-state index in [1.165, 1.54) is 16.5 Å². The first-order valence-electron chi connectivity index (χ1n) is 13.4. The zero-order valence-electron chi connectivity index (χ0n) is 24.7. The van der Waals surface area contributed by atoms with Crippen LogP contribution >= 0.6 is 11.3 Å². The molecule has 40 heavy (non-hydrogen) atoms. The Kier molecular flexibility index (Phi) is 11.9. The quantitative estimate of drug-likeness (QED) is 0.111. The zero-order valence-corrected chi connectivity index (χ0v) is 27.9. The van der Waals surface area contributed by atoms with Crippen molar-refractivity contribution in [3.8, 4) is 22.1 Å². The molecule has 0 aliphatic carbocycles. The molecular weight excluding hydrogens is 695 g/mol. The smallest absolute Gasteiger partial charge is 0.217 e. The third-order valence-corrected chi connectivity index (χ3v) is 8.31. The molecule has 0 atom stereocenters. The number of fused-ring (bicyclic) bond motifs is 1. The second-order valence-electron chi connectivity index (χ2n) is 11.2. The van der Waals surface area contributed by atoms with Crippen LogP contribution in [-0.2, 0) is 24.9 Å². The molecule has 0 amide bonds. The average Bonchev–Trinajstić information content (AvgIpc) is 3.32. The zero-order chi connectivity index (χ0) is 28.8. The molecule has 2 aromatic carbocycles. The predicted molar refractivity (Wildman–Crippen MR) is 164 cm³/mol. The van der Waals surface area contributed by atoms with E-state index in [4.69, 9.17) is 4.74 Å². The number of rotatable bonds is 8. The number of hydrogen-bond donors (Lipinski definition) is 1. The number of benzene rings is 2. The largest absolute Gasteiger partial charge is 0.512 e. The fraction of sp³-hybridized carbons (Fsp3) is 0.353. The topological polar surface area (TPSA) is 59.4 Å². The Balaban J connectivity index is 0.000000307. The normalized spacial score (nSPS) is 11.8. The van der Waals surface area contributed by atoms with Gasteiger partial charge in [0.25, 0.3) is 0 Å². The summed E-state index contributed by atoms with van der Waals surface area (Å²) in [6.45, 7) is 15.7. The Labute approximate surface area is 256 Å². The number of allylic oxidation sites excluding steroid dienone is 2. The van der Waals surface area contributed by atoms with Gasteiger partial charge in [0.1, 0.15) is 5.76 Å². The molecule has 0 saturated heterocycles. The number of aliphatic hydroxyl groups excluding tert-OH is 1. The molecule has 4 aromatic rings. The Bertz CT molecular complexity index is 1430. The van der Waals surface area contributed by atoms with Crippen molar-refractivity contribution in [3.63, 3.8) is 0 Å². The van der Waals surface area contributed by atoms with Crippen LogP contribution in [0, 0.1) is 30.7 Å². The van der Waals surface area contributed by atoms with Crippen molar-refractivity contribution in [1.82, 2.24) is 4.98 Å². The molecule has 0 unspecified atom stereocenters. The SMILES string of the molecule is CCC(C)(C)C(=O)/C=C(\O)C(C)(C)CC.Cc1[c-]c(Oc2cc3cc(-c4ccccc4)sc3cn2)cc(C)c1.[Ir]. The first kappa shape index (κ1) is 33.4. The Morgan fingerprint density at radius 3 is 2.25 bits per heavy atom. The van der Waals surface area contributed by atoms with E-state index in [0.717, 1.165) is 34.1 Å². The average molecular weight is 735 g/mol. The molecule has 6 heteroatoms. The van der Waals surface area contributed by atoms with Gasteiger partial charge in [-0.3, -0.25) is 4.79 Å². The molecule has 1 N–H and O–H groups in total. The Hall–Kier alpha value is -2.79. The van der Waals surface area contributed by atoms with Crippen LogP contribution in [0.25, 0.3) is 20.5 Å². The third-order valence-electron chi connectivity index (χ3n) is 7.17. The molecule has 215 valence electrons. The van der Waals surface area contributed by atoms with Crippen LogP contribution in [0.2, 0.25) is 0 Å². The van der Waals surface area contributed by atoms with Gasteiger partial charge in [0.05, 0.1) is 4.70 Å². The third kappa shape index (κ3) is 8.86. The number of aliphatic hydroxyl groups is 1. The summed E-state index contributed by atoms with van der Waals surface area (Å²) in [6, 6.07) is 21.8. The first-order valence-corrected chi connectivity index (χ1v) is 14.2. The Morgan fingerprint density at radius 1 is 1.00 bits per heavy atom. The molecule has 0 spiro atoms. The fourth-order valence-corrected chi connectivity index (χ4v) is 4.64.